The fraction of sp³-hybridized carbons (Fsp3) is 0.357. The van der Waals surface area contributed by atoms with Crippen LogP contribution in [0.4, 0.5) is 23.8 Å². The summed E-state index contributed by atoms with van der Waals surface area (Å²) >= 11 is 0. The number of aromatic nitrogens is 3. The van der Waals surface area contributed by atoms with Gasteiger partial charge in [-0.2, -0.15) is 17.9 Å². The number of nitrogens with one attached hydrogen (secondary N) is 1. The number of likely N-dealkylation sites (tertiary alicyclic amines) is 1. The highest BCUT2D eigenvalue weighted by atomic mass is 19.4. The number of carbonyl (C=O) groups excluding carboxylic acids is 1. The second-order valence-corrected chi connectivity index (χ2v) is 5.35. The van der Waals surface area contributed by atoms with Crippen LogP contribution in [-0.2, 0) is 4.74 Å². The molecule has 128 valence electrons. The van der Waals surface area contributed by atoms with E-state index in [4.69, 9.17) is 0 Å². The lowest BCUT2D eigenvalue weighted by Crippen LogP contribution is -2.71. The third kappa shape index (κ3) is 2.68. The molecule has 2 heterocycles. The van der Waals surface area contributed by atoms with Crippen molar-refractivity contribution in [3.63, 3.8) is 0 Å². The summed E-state index contributed by atoms with van der Waals surface area (Å²) in [6.07, 6.45) is -3.22. The van der Waals surface area contributed by atoms with E-state index >= 15 is 0 Å². The number of anilines is 1. The number of nitrogens with zero attached hydrogens (tertiary/aromatic N) is 4. The Hall–Kier alpha value is -2.62. The van der Waals surface area contributed by atoms with E-state index in [9.17, 15) is 18.0 Å². The van der Waals surface area contributed by atoms with Crippen LogP contribution in [0.15, 0.2) is 36.5 Å². The number of urea groups is 1. The van der Waals surface area contributed by atoms with Crippen LogP contribution < -0.4 is 5.32 Å². The maximum atomic E-state index is 12.9. The molecule has 0 unspecified atom stereocenters. The Morgan fingerprint density at radius 2 is 1.96 bits per heavy atom. The van der Waals surface area contributed by atoms with E-state index in [0.717, 1.165) is 12.0 Å². The molecule has 24 heavy (non-hydrogen) atoms. The zero-order valence-electron chi connectivity index (χ0n) is 12.6. The maximum Gasteiger partial charge on any atom is 0.420 e. The van der Waals surface area contributed by atoms with Crippen molar-refractivity contribution in [3.05, 3.63) is 36.5 Å². The standard InChI is InChI=1S/C14H14F3N5O2/c1-24-13(14(15,16)17)8-21(9-13)12(23)19-11-7-18-20-22(11)10-5-3-2-4-6-10/h2-7H,8-9H2,1H3,(H,19,23). The Kier molecular flexibility index (Phi) is 3.91. The van der Waals surface area contributed by atoms with E-state index < -0.39 is 30.9 Å². The molecule has 2 amide bonds. The first-order chi connectivity index (χ1) is 11.4. The van der Waals surface area contributed by atoms with Gasteiger partial charge in [-0.05, 0) is 12.1 Å². The Labute approximate surface area is 135 Å². The van der Waals surface area contributed by atoms with Gasteiger partial charge >= 0.3 is 12.2 Å². The predicted molar refractivity (Wildman–Crippen MR) is 77.7 cm³/mol. The van der Waals surface area contributed by atoms with E-state index in [-0.39, 0.29) is 5.82 Å². The number of para-hydroxylation sites is 1. The summed E-state index contributed by atoms with van der Waals surface area (Å²) in [6.45, 7) is -1.13. The van der Waals surface area contributed by atoms with Gasteiger partial charge < -0.3 is 9.64 Å². The number of ether oxygens (including phenoxy) is 1. The molecule has 3 rings (SSSR count). The molecule has 2 aromatic rings. The minimum atomic E-state index is -4.54. The van der Waals surface area contributed by atoms with Crippen LogP contribution in [0, 0.1) is 0 Å². The summed E-state index contributed by atoms with van der Waals surface area (Å²) in [5, 5.41) is 10.1. The summed E-state index contributed by atoms with van der Waals surface area (Å²) in [4.78, 5) is 13.1. The molecule has 1 aliphatic heterocycles. The molecule has 0 spiro atoms. The van der Waals surface area contributed by atoms with Gasteiger partial charge in [0.25, 0.3) is 0 Å². The Morgan fingerprint density at radius 1 is 1.29 bits per heavy atom. The largest absolute Gasteiger partial charge is 0.420 e. The summed E-state index contributed by atoms with van der Waals surface area (Å²) in [6, 6.07) is 8.23. The first-order valence-electron chi connectivity index (χ1n) is 7.00. The molecule has 0 atom stereocenters. The van der Waals surface area contributed by atoms with Crippen molar-refractivity contribution in [2.45, 2.75) is 11.8 Å². The smallest absolute Gasteiger partial charge is 0.365 e. The number of methoxy groups -OCH3 is 1. The van der Waals surface area contributed by atoms with Gasteiger partial charge in [0.2, 0.25) is 0 Å². The van der Waals surface area contributed by atoms with Crippen molar-refractivity contribution in [3.8, 4) is 5.69 Å². The second-order valence-electron chi connectivity index (χ2n) is 5.35. The Bertz CT molecular complexity index is 726. The van der Waals surface area contributed by atoms with Crippen LogP contribution in [0.1, 0.15) is 0 Å². The van der Waals surface area contributed by atoms with Gasteiger partial charge in [-0.3, -0.25) is 5.32 Å². The lowest BCUT2D eigenvalue weighted by atomic mass is 9.93. The Morgan fingerprint density at radius 3 is 2.54 bits per heavy atom. The topological polar surface area (TPSA) is 72.3 Å². The monoisotopic (exact) mass is 341 g/mol. The predicted octanol–water partition coefficient (Wildman–Crippen LogP) is 2.06. The molecule has 0 radical (unpaired) electrons. The zero-order valence-corrected chi connectivity index (χ0v) is 12.6. The number of hydrogen-bond donors (Lipinski definition) is 1. The first kappa shape index (κ1) is 16.2. The molecule has 10 heteroatoms. The van der Waals surface area contributed by atoms with Crippen molar-refractivity contribution in [2.24, 2.45) is 0 Å². The number of benzene rings is 1. The Balaban J connectivity index is 1.69. The summed E-state index contributed by atoms with van der Waals surface area (Å²) in [5.74, 6) is 0.258. The number of hydrogen-bond acceptors (Lipinski definition) is 4. The lowest BCUT2D eigenvalue weighted by Gasteiger charge is -2.48. The van der Waals surface area contributed by atoms with Gasteiger partial charge in [0.1, 0.15) is 0 Å². The van der Waals surface area contributed by atoms with Crippen molar-refractivity contribution in [1.29, 1.82) is 0 Å². The molecular formula is C14H14F3N5O2. The molecule has 1 saturated heterocycles. The van der Waals surface area contributed by atoms with Crippen LogP contribution in [0.2, 0.25) is 0 Å². The summed E-state index contributed by atoms with van der Waals surface area (Å²) < 4.78 is 44.8. The molecular weight excluding hydrogens is 327 g/mol. The van der Waals surface area contributed by atoms with Crippen molar-refractivity contribution >= 4 is 11.8 Å². The quantitative estimate of drug-likeness (QED) is 0.928. The average molecular weight is 341 g/mol. The highest BCUT2D eigenvalue weighted by Gasteiger charge is 2.63. The van der Waals surface area contributed by atoms with Crippen LogP contribution in [0.25, 0.3) is 5.69 Å². The van der Waals surface area contributed by atoms with E-state index in [0.29, 0.717) is 5.69 Å². The van der Waals surface area contributed by atoms with Gasteiger partial charge in [0, 0.05) is 7.11 Å². The number of alkyl halides is 3. The molecule has 0 bridgehead atoms. The van der Waals surface area contributed by atoms with Gasteiger partial charge in [0.05, 0.1) is 25.0 Å². The fourth-order valence-electron chi connectivity index (χ4n) is 2.41. The SMILES string of the molecule is COC1(C(F)(F)F)CN(C(=O)Nc2cnnn2-c2ccccc2)C1. The van der Waals surface area contributed by atoms with E-state index in [1.165, 1.54) is 10.9 Å². The van der Waals surface area contributed by atoms with Crippen molar-refractivity contribution < 1.29 is 22.7 Å². The van der Waals surface area contributed by atoms with Crippen LogP contribution in [-0.4, -0.2) is 57.9 Å². The maximum absolute atomic E-state index is 12.9. The highest BCUT2D eigenvalue weighted by Crippen LogP contribution is 2.40. The van der Waals surface area contributed by atoms with E-state index in [2.05, 4.69) is 20.4 Å². The minimum Gasteiger partial charge on any atom is -0.365 e. The molecule has 0 saturated carbocycles. The van der Waals surface area contributed by atoms with Gasteiger partial charge in [-0.25, -0.2) is 4.79 Å². The van der Waals surface area contributed by atoms with Crippen molar-refractivity contribution in [1.82, 2.24) is 19.9 Å². The molecule has 1 N–H and O–H groups in total. The molecule has 1 aliphatic rings. The van der Waals surface area contributed by atoms with Crippen LogP contribution >= 0.6 is 0 Å². The molecule has 7 nitrogen and oxygen atoms in total. The van der Waals surface area contributed by atoms with Gasteiger partial charge in [-0.15, -0.1) is 5.10 Å². The van der Waals surface area contributed by atoms with Gasteiger partial charge in [0.15, 0.2) is 11.4 Å². The van der Waals surface area contributed by atoms with Crippen molar-refractivity contribution in [2.75, 3.05) is 25.5 Å². The average Bonchev–Trinajstić information content (AvgIpc) is 2.94. The van der Waals surface area contributed by atoms with Crippen LogP contribution in [0.5, 0.6) is 0 Å². The lowest BCUT2D eigenvalue weighted by molar-refractivity contribution is -0.303. The molecule has 1 aromatic carbocycles. The minimum absolute atomic E-state index is 0.258. The number of amides is 2. The number of halogens is 3. The van der Waals surface area contributed by atoms with Crippen LogP contribution in [0.3, 0.4) is 0 Å². The summed E-state index contributed by atoms with van der Waals surface area (Å²) in [5.41, 5.74) is -1.64. The second kappa shape index (κ2) is 5.78. The number of carbonyl (C=O) groups is 1. The first-order valence-corrected chi connectivity index (χ1v) is 7.00. The number of rotatable bonds is 3. The molecule has 1 fully saturated rings. The third-order valence-corrected chi connectivity index (χ3v) is 3.87. The molecule has 1 aromatic heterocycles. The highest BCUT2D eigenvalue weighted by molar-refractivity contribution is 5.89. The summed E-state index contributed by atoms with van der Waals surface area (Å²) in [7, 11) is 0.983. The molecule has 0 aliphatic carbocycles. The zero-order chi connectivity index (χ0) is 17.4. The van der Waals surface area contributed by atoms with E-state index in [1.807, 2.05) is 6.07 Å². The fourth-order valence-corrected chi connectivity index (χ4v) is 2.41. The van der Waals surface area contributed by atoms with Gasteiger partial charge in [-0.1, -0.05) is 23.4 Å². The normalized spacial score (nSPS) is 16.6. The third-order valence-electron chi connectivity index (χ3n) is 3.87. The van der Waals surface area contributed by atoms with E-state index in [1.54, 1.807) is 24.3 Å².